The minimum absolute atomic E-state index is 0.00952. The predicted molar refractivity (Wildman–Crippen MR) is 94.6 cm³/mol. The van der Waals surface area contributed by atoms with Crippen LogP contribution >= 0.6 is 0 Å². The molecule has 1 aliphatic heterocycles. The van der Waals surface area contributed by atoms with Gasteiger partial charge in [0.15, 0.2) is 0 Å². The second-order valence-electron chi connectivity index (χ2n) is 6.40. The fourth-order valence-electron chi connectivity index (χ4n) is 3.01. The van der Waals surface area contributed by atoms with Crippen molar-refractivity contribution in [2.24, 2.45) is 5.41 Å². The second kappa shape index (κ2) is 7.61. The van der Waals surface area contributed by atoms with Crippen LogP contribution in [0.1, 0.15) is 12.8 Å². The lowest BCUT2D eigenvalue weighted by molar-refractivity contribution is -0.129. The molecule has 0 saturated carbocycles. The van der Waals surface area contributed by atoms with E-state index in [0.29, 0.717) is 30.9 Å². The van der Waals surface area contributed by atoms with Gasteiger partial charge in [-0.25, -0.2) is 8.78 Å². The van der Waals surface area contributed by atoms with Gasteiger partial charge in [-0.05, 0) is 61.5 Å². The van der Waals surface area contributed by atoms with Crippen LogP contribution in [0.3, 0.4) is 0 Å². The first kappa shape index (κ1) is 18.0. The smallest absolute Gasteiger partial charge is 0.232 e. The van der Waals surface area contributed by atoms with E-state index in [1.165, 1.54) is 48.5 Å². The number of carbonyl (C=O) groups excluding carboxylic acids is 2. The van der Waals surface area contributed by atoms with E-state index in [9.17, 15) is 18.4 Å². The van der Waals surface area contributed by atoms with Gasteiger partial charge < -0.3 is 16.0 Å². The number of rotatable bonds is 5. The van der Waals surface area contributed by atoms with Crippen molar-refractivity contribution in [3.8, 4) is 0 Å². The molecule has 0 bridgehead atoms. The first-order chi connectivity index (χ1) is 12.5. The van der Waals surface area contributed by atoms with Crippen LogP contribution in [0.25, 0.3) is 0 Å². The monoisotopic (exact) mass is 359 g/mol. The molecular weight excluding hydrogens is 340 g/mol. The number of halogens is 2. The third-order valence-corrected chi connectivity index (χ3v) is 4.45. The van der Waals surface area contributed by atoms with Crippen LogP contribution in [0.15, 0.2) is 48.5 Å². The van der Waals surface area contributed by atoms with E-state index >= 15 is 0 Å². The van der Waals surface area contributed by atoms with Crippen molar-refractivity contribution >= 4 is 23.2 Å². The molecular formula is C19H19F2N3O2. The molecule has 0 spiro atoms. The number of nitrogens with one attached hydrogen (secondary N) is 3. The first-order valence-electron chi connectivity index (χ1n) is 8.30. The van der Waals surface area contributed by atoms with Crippen LogP contribution in [0.2, 0.25) is 0 Å². The highest BCUT2D eigenvalue weighted by atomic mass is 19.1. The molecule has 2 aromatic rings. The number of benzene rings is 2. The highest BCUT2D eigenvalue weighted by Crippen LogP contribution is 2.32. The van der Waals surface area contributed by atoms with E-state index in [0.717, 1.165) is 0 Å². The van der Waals surface area contributed by atoms with Crippen molar-refractivity contribution in [1.82, 2.24) is 5.32 Å². The molecule has 1 saturated heterocycles. The van der Waals surface area contributed by atoms with Crippen LogP contribution in [-0.4, -0.2) is 24.9 Å². The van der Waals surface area contributed by atoms with Gasteiger partial charge in [-0.1, -0.05) is 0 Å². The molecule has 136 valence electrons. The summed E-state index contributed by atoms with van der Waals surface area (Å²) in [7, 11) is 0. The summed E-state index contributed by atoms with van der Waals surface area (Å²) in [6.07, 6.45) is 0.501. The predicted octanol–water partition coefficient (Wildman–Crippen LogP) is 2.91. The van der Waals surface area contributed by atoms with Gasteiger partial charge in [-0.15, -0.1) is 0 Å². The Morgan fingerprint density at radius 1 is 0.923 bits per heavy atom. The number of hydrogen-bond donors (Lipinski definition) is 3. The summed E-state index contributed by atoms with van der Waals surface area (Å²) in [5, 5.41) is 8.55. The van der Waals surface area contributed by atoms with E-state index in [1.54, 1.807) is 0 Å². The van der Waals surface area contributed by atoms with Crippen molar-refractivity contribution in [3.05, 3.63) is 60.2 Å². The molecule has 1 heterocycles. The Labute approximate surface area is 149 Å². The molecule has 7 heteroatoms. The van der Waals surface area contributed by atoms with Crippen molar-refractivity contribution < 1.29 is 18.4 Å². The minimum Gasteiger partial charge on any atom is -0.326 e. The van der Waals surface area contributed by atoms with Gasteiger partial charge in [-0.3, -0.25) is 9.59 Å². The molecule has 26 heavy (non-hydrogen) atoms. The molecule has 0 aliphatic carbocycles. The number of anilines is 2. The normalized spacial score (nSPS) is 19.2. The molecule has 3 rings (SSSR count). The maximum Gasteiger partial charge on any atom is 0.232 e. The zero-order valence-electron chi connectivity index (χ0n) is 14.0. The average molecular weight is 359 g/mol. The van der Waals surface area contributed by atoms with Crippen LogP contribution in [0.5, 0.6) is 0 Å². The van der Waals surface area contributed by atoms with Gasteiger partial charge >= 0.3 is 0 Å². The lowest BCUT2D eigenvalue weighted by atomic mass is 9.82. The van der Waals surface area contributed by atoms with Gasteiger partial charge in [0, 0.05) is 24.3 Å². The van der Waals surface area contributed by atoms with E-state index in [-0.39, 0.29) is 24.1 Å². The fourth-order valence-corrected chi connectivity index (χ4v) is 3.01. The Morgan fingerprint density at radius 2 is 1.46 bits per heavy atom. The van der Waals surface area contributed by atoms with E-state index < -0.39 is 11.2 Å². The lowest BCUT2D eigenvalue weighted by Crippen LogP contribution is -2.41. The summed E-state index contributed by atoms with van der Waals surface area (Å²) in [6.45, 7) is 0.998. The van der Waals surface area contributed by atoms with E-state index in [4.69, 9.17) is 0 Å². The standard InChI is InChI=1S/C19H19F2N3O2/c20-13-1-5-15(6-2-13)23-17(25)11-19(9-10-22-12-19)18(26)24-16-7-3-14(21)4-8-16/h1-8,22H,9-12H2,(H,23,25)(H,24,26). The van der Waals surface area contributed by atoms with Gasteiger partial charge in [0.2, 0.25) is 11.8 Å². The Hall–Kier alpha value is -2.80. The maximum atomic E-state index is 13.0. The van der Waals surface area contributed by atoms with Crippen LogP contribution in [0, 0.1) is 17.0 Å². The van der Waals surface area contributed by atoms with Crippen molar-refractivity contribution in [3.63, 3.8) is 0 Å². The molecule has 2 amide bonds. The molecule has 1 fully saturated rings. The average Bonchev–Trinajstić information content (AvgIpc) is 3.08. The third kappa shape index (κ3) is 4.23. The SMILES string of the molecule is O=C(CC1(C(=O)Nc2ccc(F)cc2)CCNC1)Nc1ccc(F)cc1. The minimum atomic E-state index is -0.890. The molecule has 1 atom stereocenters. The lowest BCUT2D eigenvalue weighted by Gasteiger charge is -2.26. The highest BCUT2D eigenvalue weighted by molar-refractivity contribution is 6.01. The Bertz CT molecular complexity index is 785. The van der Waals surface area contributed by atoms with Crippen molar-refractivity contribution in [1.29, 1.82) is 0 Å². The Morgan fingerprint density at radius 3 is 1.96 bits per heavy atom. The summed E-state index contributed by atoms with van der Waals surface area (Å²) in [4.78, 5) is 25.2. The third-order valence-electron chi connectivity index (χ3n) is 4.45. The summed E-state index contributed by atoms with van der Waals surface area (Å²) in [6, 6.07) is 10.9. The molecule has 1 aliphatic rings. The fraction of sp³-hybridized carbons (Fsp3) is 0.263. The van der Waals surface area contributed by atoms with Crippen LogP contribution in [-0.2, 0) is 9.59 Å². The molecule has 1 unspecified atom stereocenters. The topological polar surface area (TPSA) is 70.2 Å². The van der Waals surface area contributed by atoms with Crippen LogP contribution < -0.4 is 16.0 Å². The largest absolute Gasteiger partial charge is 0.326 e. The van der Waals surface area contributed by atoms with E-state index in [2.05, 4.69) is 16.0 Å². The maximum absolute atomic E-state index is 13.0. The summed E-state index contributed by atoms with van der Waals surface area (Å²) in [5.74, 6) is -1.39. The van der Waals surface area contributed by atoms with Gasteiger partial charge in [0.25, 0.3) is 0 Å². The Balaban J connectivity index is 1.68. The molecule has 5 nitrogen and oxygen atoms in total. The van der Waals surface area contributed by atoms with Gasteiger partial charge in [0.05, 0.1) is 5.41 Å². The summed E-state index contributed by atoms with van der Waals surface area (Å²) < 4.78 is 26.0. The molecule has 0 radical (unpaired) electrons. The zero-order chi connectivity index (χ0) is 18.6. The Kier molecular flexibility index (Phi) is 5.27. The quantitative estimate of drug-likeness (QED) is 0.769. The molecule has 2 aromatic carbocycles. The van der Waals surface area contributed by atoms with Crippen molar-refractivity contribution in [2.45, 2.75) is 12.8 Å². The number of amides is 2. The summed E-state index contributed by atoms with van der Waals surface area (Å²) >= 11 is 0. The second-order valence-corrected chi connectivity index (χ2v) is 6.40. The first-order valence-corrected chi connectivity index (χ1v) is 8.30. The van der Waals surface area contributed by atoms with Gasteiger partial charge in [0.1, 0.15) is 11.6 Å². The number of hydrogen-bond acceptors (Lipinski definition) is 3. The summed E-state index contributed by atoms with van der Waals surface area (Å²) in [5.41, 5.74) is 0.0523. The number of carbonyl (C=O) groups is 2. The molecule has 0 aromatic heterocycles. The van der Waals surface area contributed by atoms with Gasteiger partial charge in [-0.2, -0.15) is 0 Å². The van der Waals surface area contributed by atoms with Crippen molar-refractivity contribution in [2.75, 3.05) is 23.7 Å². The van der Waals surface area contributed by atoms with Crippen LogP contribution in [0.4, 0.5) is 20.2 Å². The van der Waals surface area contributed by atoms with E-state index in [1.807, 2.05) is 0 Å². The molecule has 3 N–H and O–H groups in total. The zero-order valence-corrected chi connectivity index (χ0v) is 14.0. The highest BCUT2D eigenvalue weighted by Gasteiger charge is 2.43.